The van der Waals surface area contributed by atoms with Gasteiger partial charge in [0.15, 0.2) is 9.84 Å². The standard InChI is InChI=1S/C14H21NO3S/c1-4-8-15-13-10(2)9-19(16,17)14-11(13)6-5-7-12(14)18-3/h5-7,10,13,15H,4,8-9H2,1-3H3. The van der Waals surface area contributed by atoms with Gasteiger partial charge >= 0.3 is 0 Å². The molecule has 0 radical (unpaired) electrons. The summed E-state index contributed by atoms with van der Waals surface area (Å²) in [7, 11) is -1.75. The first-order valence-electron chi connectivity index (χ1n) is 6.64. The molecular weight excluding hydrogens is 262 g/mol. The predicted molar refractivity (Wildman–Crippen MR) is 75.2 cm³/mol. The minimum atomic E-state index is -3.26. The smallest absolute Gasteiger partial charge is 0.182 e. The molecule has 1 aromatic rings. The molecule has 0 aromatic heterocycles. The molecule has 0 fully saturated rings. The second-order valence-electron chi connectivity index (χ2n) is 5.07. The van der Waals surface area contributed by atoms with Crippen LogP contribution in [0.15, 0.2) is 23.1 Å². The first-order chi connectivity index (χ1) is 9.01. The summed E-state index contributed by atoms with van der Waals surface area (Å²) in [6.07, 6.45) is 1.02. The highest BCUT2D eigenvalue weighted by Gasteiger charge is 2.37. The Kier molecular flexibility index (Phi) is 4.16. The molecule has 1 aromatic carbocycles. The SMILES string of the molecule is CCCNC1c2cccc(OC)c2S(=O)(=O)CC1C. The van der Waals surface area contributed by atoms with E-state index in [9.17, 15) is 8.42 Å². The van der Waals surface area contributed by atoms with Crippen LogP contribution in [0.3, 0.4) is 0 Å². The zero-order valence-electron chi connectivity index (χ0n) is 11.6. The molecule has 0 aliphatic carbocycles. The van der Waals surface area contributed by atoms with Crippen LogP contribution in [-0.4, -0.2) is 27.8 Å². The normalized spacial score (nSPS) is 24.8. The second kappa shape index (κ2) is 5.51. The van der Waals surface area contributed by atoms with Crippen LogP contribution in [0.4, 0.5) is 0 Å². The van der Waals surface area contributed by atoms with Crippen molar-refractivity contribution in [2.75, 3.05) is 19.4 Å². The Morgan fingerprint density at radius 1 is 1.42 bits per heavy atom. The van der Waals surface area contributed by atoms with Crippen molar-refractivity contribution in [3.8, 4) is 5.75 Å². The lowest BCUT2D eigenvalue weighted by molar-refractivity contribution is 0.372. The van der Waals surface area contributed by atoms with Crippen molar-refractivity contribution >= 4 is 9.84 Å². The van der Waals surface area contributed by atoms with Crippen LogP contribution in [0, 0.1) is 5.92 Å². The molecule has 0 saturated carbocycles. The van der Waals surface area contributed by atoms with Crippen molar-refractivity contribution in [3.63, 3.8) is 0 Å². The van der Waals surface area contributed by atoms with Crippen LogP contribution in [0.2, 0.25) is 0 Å². The van der Waals surface area contributed by atoms with E-state index >= 15 is 0 Å². The molecule has 5 heteroatoms. The van der Waals surface area contributed by atoms with Crippen molar-refractivity contribution in [1.29, 1.82) is 0 Å². The highest BCUT2D eigenvalue weighted by atomic mass is 32.2. The lowest BCUT2D eigenvalue weighted by atomic mass is 9.95. The Balaban J connectivity index is 2.54. The summed E-state index contributed by atoms with van der Waals surface area (Å²) < 4.78 is 30.0. The summed E-state index contributed by atoms with van der Waals surface area (Å²) in [5, 5.41) is 3.45. The molecule has 106 valence electrons. The van der Waals surface area contributed by atoms with E-state index in [1.54, 1.807) is 6.07 Å². The van der Waals surface area contributed by atoms with E-state index in [2.05, 4.69) is 12.2 Å². The summed E-state index contributed by atoms with van der Waals surface area (Å²) >= 11 is 0. The molecule has 1 heterocycles. The molecule has 1 aliphatic rings. The lowest BCUT2D eigenvalue weighted by Gasteiger charge is -2.32. The van der Waals surface area contributed by atoms with E-state index in [0.29, 0.717) is 10.6 Å². The number of sulfone groups is 1. The van der Waals surface area contributed by atoms with Crippen LogP contribution >= 0.6 is 0 Å². The fourth-order valence-electron chi connectivity index (χ4n) is 2.71. The minimum Gasteiger partial charge on any atom is -0.495 e. The number of hydrogen-bond acceptors (Lipinski definition) is 4. The molecule has 2 unspecified atom stereocenters. The number of nitrogens with one attached hydrogen (secondary N) is 1. The van der Waals surface area contributed by atoms with Gasteiger partial charge in [-0.2, -0.15) is 0 Å². The highest BCUT2D eigenvalue weighted by Crippen LogP contribution is 2.40. The minimum absolute atomic E-state index is 0.0659. The van der Waals surface area contributed by atoms with E-state index in [1.165, 1.54) is 7.11 Å². The van der Waals surface area contributed by atoms with Gasteiger partial charge in [-0.05, 0) is 30.5 Å². The maximum atomic E-state index is 12.4. The number of rotatable bonds is 4. The molecule has 0 spiro atoms. The van der Waals surface area contributed by atoms with E-state index in [0.717, 1.165) is 18.5 Å². The first kappa shape index (κ1) is 14.3. The average molecular weight is 283 g/mol. The number of benzene rings is 1. The van der Waals surface area contributed by atoms with Gasteiger partial charge in [0, 0.05) is 6.04 Å². The number of hydrogen-bond donors (Lipinski definition) is 1. The van der Waals surface area contributed by atoms with Gasteiger partial charge in [-0.25, -0.2) is 8.42 Å². The van der Waals surface area contributed by atoms with E-state index in [1.807, 2.05) is 19.1 Å². The third kappa shape index (κ3) is 2.62. The Labute approximate surface area is 115 Å². The molecule has 2 rings (SSSR count). The first-order valence-corrected chi connectivity index (χ1v) is 8.29. The fourth-order valence-corrected chi connectivity index (χ4v) is 4.78. The van der Waals surface area contributed by atoms with E-state index in [-0.39, 0.29) is 17.7 Å². The molecule has 19 heavy (non-hydrogen) atoms. The second-order valence-corrected chi connectivity index (χ2v) is 7.04. The average Bonchev–Trinajstić information content (AvgIpc) is 2.37. The van der Waals surface area contributed by atoms with Gasteiger partial charge in [0.25, 0.3) is 0 Å². The van der Waals surface area contributed by atoms with Crippen LogP contribution in [-0.2, 0) is 9.84 Å². The number of fused-ring (bicyclic) bond motifs is 1. The molecule has 0 amide bonds. The molecule has 0 saturated heterocycles. The third-order valence-corrected chi connectivity index (χ3v) is 5.56. The molecule has 1 aliphatic heterocycles. The van der Waals surface area contributed by atoms with Crippen molar-refractivity contribution in [2.24, 2.45) is 5.92 Å². The van der Waals surface area contributed by atoms with Gasteiger partial charge in [-0.3, -0.25) is 0 Å². The van der Waals surface area contributed by atoms with Gasteiger partial charge in [0.1, 0.15) is 10.6 Å². The topological polar surface area (TPSA) is 55.4 Å². The molecule has 2 atom stereocenters. The number of ether oxygens (including phenoxy) is 1. The van der Waals surface area contributed by atoms with Crippen LogP contribution < -0.4 is 10.1 Å². The van der Waals surface area contributed by atoms with Gasteiger partial charge in [-0.15, -0.1) is 0 Å². The Hall–Kier alpha value is -1.07. The quantitative estimate of drug-likeness (QED) is 0.920. The van der Waals surface area contributed by atoms with Crippen LogP contribution in [0.5, 0.6) is 5.75 Å². The Morgan fingerprint density at radius 2 is 2.16 bits per heavy atom. The highest BCUT2D eigenvalue weighted by molar-refractivity contribution is 7.91. The van der Waals surface area contributed by atoms with Crippen molar-refractivity contribution in [2.45, 2.75) is 31.2 Å². The predicted octanol–water partition coefficient (Wildman–Crippen LogP) is 2.16. The summed E-state index contributed by atoms with van der Waals surface area (Å²) in [5.74, 6) is 0.686. The molecule has 1 N–H and O–H groups in total. The monoisotopic (exact) mass is 283 g/mol. The van der Waals surface area contributed by atoms with Crippen molar-refractivity contribution in [3.05, 3.63) is 23.8 Å². The zero-order chi connectivity index (χ0) is 14.0. The summed E-state index contributed by atoms with van der Waals surface area (Å²) in [5.41, 5.74) is 0.839. The lowest BCUT2D eigenvalue weighted by Crippen LogP contribution is -2.36. The van der Waals surface area contributed by atoms with Crippen LogP contribution in [0.25, 0.3) is 0 Å². The van der Waals surface area contributed by atoms with E-state index < -0.39 is 9.84 Å². The van der Waals surface area contributed by atoms with Gasteiger partial charge in [0.2, 0.25) is 0 Å². The maximum Gasteiger partial charge on any atom is 0.182 e. The molecular formula is C14H21NO3S. The fraction of sp³-hybridized carbons (Fsp3) is 0.571. The maximum absolute atomic E-state index is 12.4. The third-order valence-electron chi connectivity index (χ3n) is 3.54. The van der Waals surface area contributed by atoms with E-state index in [4.69, 9.17) is 4.74 Å². The summed E-state index contributed by atoms with van der Waals surface area (Å²) in [6.45, 7) is 4.96. The van der Waals surface area contributed by atoms with Gasteiger partial charge < -0.3 is 10.1 Å². The molecule has 4 nitrogen and oxygen atoms in total. The summed E-state index contributed by atoms with van der Waals surface area (Å²) in [6, 6.07) is 5.53. The Bertz CT molecular complexity index is 554. The Morgan fingerprint density at radius 3 is 2.79 bits per heavy atom. The van der Waals surface area contributed by atoms with Gasteiger partial charge in [0.05, 0.1) is 12.9 Å². The molecule has 0 bridgehead atoms. The van der Waals surface area contributed by atoms with Crippen LogP contribution in [0.1, 0.15) is 31.9 Å². The zero-order valence-corrected chi connectivity index (χ0v) is 12.5. The largest absolute Gasteiger partial charge is 0.495 e. The van der Waals surface area contributed by atoms with Crippen molar-refractivity contribution < 1.29 is 13.2 Å². The number of methoxy groups -OCH3 is 1. The summed E-state index contributed by atoms with van der Waals surface area (Å²) in [4.78, 5) is 0.365. The van der Waals surface area contributed by atoms with Gasteiger partial charge in [-0.1, -0.05) is 26.0 Å². The van der Waals surface area contributed by atoms with Crippen molar-refractivity contribution in [1.82, 2.24) is 5.32 Å².